The van der Waals surface area contributed by atoms with Gasteiger partial charge >= 0.3 is 0 Å². The predicted octanol–water partition coefficient (Wildman–Crippen LogP) is 2.08. The summed E-state index contributed by atoms with van der Waals surface area (Å²) < 4.78 is 1.82. The van der Waals surface area contributed by atoms with Crippen LogP contribution in [0.5, 0.6) is 0 Å². The lowest BCUT2D eigenvalue weighted by molar-refractivity contribution is 0.594. The molecule has 0 aliphatic rings. The Balaban J connectivity index is 2.09. The van der Waals surface area contributed by atoms with Crippen LogP contribution in [0, 0.1) is 0 Å². The van der Waals surface area contributed by atoms with Crippen LogP contribution in [0.15, 0.2) is 61.2 Å². The molecular weight excluding hydrogens is 250 g/mol. The van der Waals surface area contributed by atoms with E-state index >= 15 is 0 Å². The molecule has 1 aromatic heterocycles. The summed E-state index contributed by atoms with van der Waals surface area (Å²) in [6.45, 7) is 0. The summed E-state index contributed by atoms with van der Waals surface area (Å²) in [6.07, 6.45) is 3.24. The van der Waals surface area contributed by atoms with Gasteiger partial charge in [-0.25, -0.2) is 9.67 Å². The lowest BCUT2D eigenvalue weighted by Crippen LogP contribution is -2.13. The Morgan fingerprint density at radius 2 is 1.30 bits per heavy atom. The summed E-state index contributed by atoms with van der Waals surface area (Å²) in [5, 5.41) is 4.26. The fourth-order valence-corrected chi connectivity index (χ4v) is 2.21. The highest BCUT2D eigenvalue weighted by molar-refractivity contribution is 5.45. The van der Waals surface area contributed by atoms with Gasteiger partial charge in [-0.1, -0.05) is 24.3 Å². The average molecular weight is 265 g/mol. The molecule has 0 radical (unpaired) electrons. The Kier molecular flexibility index (Phi) is 3.09. The third-order valence-corrected chi connectivity index (χ3v) is 3.21. The Labute approximate surface area is 116 Å². The van der Waals surface area contributed by atoms with Gasteiger partial charge in [-0.05, 0) is 35.4 Å². The molecule has 0 aliphatic heterocycles. The molecule has 100 valence electrons. The van der Waals surface area contributed by atoms with Crippen molar-refractivity contribution in [3.63, 3.8) is 0 Å². The van der Waals surface area contributed by atoms with Crippen LogP contribution >= 0.6 is 0 Å². The van der Waals surface area contributed by atoms with E-state index < -0.39 is 0 Å². The Morgan fingerprint density at radius 3 is 1.70 bits per heavy atom. The lowest BCUT2D eigenvalue weighted by Gasteiger charge is -2.18. The third-order valence-electron chi connectivity index (χ3n) is 3.21. The summed E-state index contributed by atoms with van der Waals surface area (Å²) in [4.78, 5) is 4.03. The molecule has 3 aromatic rings. The molecule has 5 heteroatoms. The van der Waals surface area contributed by atoms with E-state index in [1.165, 1.54) is 6.33 Å². The number of aromatic nitrogens is 3. The summed E-state index contributed by atoms with van der Waals surface area (Å²) in [5.41, 5.74) is 15.2. The molecule has 3 rings (SSSR count). The second-order valence-corrected chi connectivity index (χ2v) is 4.61. The molecule has 0 atom stereocenters. The van der Waals surface area contributed by atoms with Crippen molar-refractivity contribution in [1.29, 1.82) is 0 Å². The number of rotatable bonds is 3. The largest absolute Gasteiger partial charge is 0.399 e. The fraction of sp³-hybridized carbons (Fsp3) is 0.0667. The predicted molar refractivity (Wildman–Crippen MR) is 79.0 cm³/mol. The second-order valence-electron chi connectivity index (χ2n) is 4.61. The number of hydrogen-bond donors (Lipinski definition) is 2. The first-order valence-electron chi connectivity index (χ1n) is 6.29. The monoisotopic (exact) mass is 265 g/mol. The summed E-state index contributed by atoms with van der Waals surface area (Å²) in [6, 6.07) is 15.5. The highest BCUT2D eigenvalue weighted by Gasteiger charge is 2.16. The van der Waals surface area contributed by atoms with Crippen LogP contribution in [0.2, 0.25) is 0 Å². The zero-order valence-electron chi connectivity index (χ0n) is 10.8. The molecule has 20 heavy (non-hydrogen) atoms. The van der Waals surface area contributed by atoms with E-state index in [1.54, 1.807) is 6.33 Å². The van der Waals surface area contributed by atoms with Gasteiger partial charge in [0.1, 0.15) is 18.7 Å². The molecule has 1 heterocycles. The number of anilines is 2. The summed E-state index contributed by atoms with van der Waals surface area (Å²) in [7, 11) is 0. The quantitative estimate of drug-likeness (QED) is 0.710. The maximum absolute atomic E-state index is 5.75. The molecule has 0 unspecified atom stereocenters. The Morgan fingerprint density at radius 1 is 0.800 bits per heavy atom. The number of benzene rings is 2. The van der Waals surface area contributed by atoms with E-state index in [4.69, 9.17) is 11.5 Å². The van der Waals surface area contributed by atoms with Crippen molar-refractivity contribution < 1.29 is 0 Å². The van der Waals surface area contributed by atoms with Crippen molar-refractivity contribution >= 4 is 11.4 Å². The molecule has 0 amide bonds. The second kappa shape index (κ2) is 5.05. The van der Waals surface area contributed by atoms with E-state index in [0.29, 0.717) is 0 Å². The first-order valence-corrected chi connectivity index (χ1v) is 6.29. The molecule has 2 aromatic carbocycles. The number of nitrogens with zero attached hydrogens (tertiary/aromatic N) is 3. The molecule has 0 saturated heterocycles. The van der Waals surface area contributed by atoms with Crippen LogP contribution in [0.25, 0.3) is 0 Å². The summed E-state index contributed by atoms with van der Waals surface area (Å²) >= 11 is 0. The van der Waals surface area contributed by atoms with Gasteiger partial charge in [0.05, 0.1) is 0 Å². The molecule has 0 fully saturated rings. The maximum atomic E-state index is 5.75. The summed E-state index contributed by atoms with van der Waals surface area (Å²) in [5.74, 6) is 0. The van der Waals surface area contributed by atoms with E-state index in [2.05, 4.69) is 10.1 Å². The molecule has 0 saturated carbocycles. The van der Waals surface area contributed by atoms with Crippen LogP contribution in [-0.4, -0.2) is 14.8 Å². The van der Waals surface area contributed by atoms with Gasteiger partial charge in [-0.15, -0.1) is 0 Å². The van der Waals surface area contributed by atoms with Gasteiger partial charge in [0.15, 0.2) is 0 Å². The SMILES string of the molecule is Nc1ccc(C(c2ccc(N)cc2)n2cncn2)cc1. The van der Waals surface area contributed by atoms with E-state index in [-0.39, 0.29) is 6.04 Å². The van der Waals surface area contributed by atoms with E-state index in [9.17, 15) is 0 Å². The van der Waals surface area contributed by atoms with Crippen LogP contribution in [-0.2, 0) is 0 Å². The fourth-order valence-electron chi connectivity index (χ4n) is 2.21. The third kappa shape index (κ3) is 2.33. The number of nitrogens with two attached hydrogens (primary N) is 2. The number of hydrogen-bond acceptors (Lipinski definition) is 4. The van der Waals surface area contributed by atoms with Crippen LogP contribution in [0.1, 0.15) is 17.2 Å². The van der Waals surface area contributed by atoms with Crippen LogP contribution in [0.4, 0.5) is 11.4 Å². The van der Waals surface area contributed by atoms with Gasteiger partial charge in [-0.2, -0.15) is 5.10 Å². The zero-order chi connectivity index (χ0) is 13.9. The van der Waals surface area contributed by atoms with Gasteiger partial charge in [0.25, 0.3) is 0 Å². The lowest BCUT2D eigenvalue weighted by atomic mass is 9.98. The molecule has 0 bridgehead atoms. The minimum absolute atomic E-state index is 0.0429. The normalized spacial score (nSPS) is 10.8. The van der Waals surface area contributed by atoms with Crippen LogP contribution < -0.4 is 11.5 Å². The highest BCUT2D eigenvalue weighted by atomic mass is 15.3. The van der Waals surface area contributed by atoms with E-state index in [1.807, 2.05) is 53.2 Å². The highest BCUT2D eigenvalue weighted by Crippen LogP contribution is 2.26. The standard InChI is InChI=1S/C15H15N5/c16-13-5-1-11(2-6-13)15(20-10-18-9-19-20)12-3-7-14(17)8-4-12/h1-10,15H,16-17H2. The van der Waals surface area contributed by atoms with Crippen molar-refractivity contribution in [3.8, 4) is 0 Å². The van der Waals surface area contributed by atoms with Crippen molar-refractivity contribution in [2.45, 2.75) is 6.04 Å². The molecule has 4 N–H and O–H groups in total. The van der Waals surface area contributed by atoms with Crippen LogP contribution in [0.3, 0.4) is 0 Å². The Hall–Kier alpha value is -2.82. The van der Waals surface area contributed by atoms with Gasteiger partial charge < -0.3 is 11.5 Å². The average Bonchev–Trinajstić information content (AvgIpc) is 2.97. The topological polar surface area (TPSA) is 82.8 Å². The Bertz CT molecular complexity index is 626. The van der Waals surface area contributed by atoms with Gasteiger partial charge in [-0.3, -0.25) is 0 Å². The zero-order valence-corrected chi connectivity index (χ0v) is 10.8. The van der Waals surface area contributed by atoms with Crippen molar-refractivity contribution in [2.75, 3.05) is 11.5 Å². The number of nitrogen functional groups attached to an aromatic ring is 2. The first-order chi connectivity index (χ1) is 9.74. The van der Waals surface area contributed by atoms with Gasteiger partial charge in [0.2, 0.25) is 0 Å². The molecule has 0 aliphatic carbocycles. The molecular formula is C15H15N5. The van der Waals surface area contributed by atoms with Gasteiger partial charge in [0, 0.05) is 11.4 Å². The minimum atomic E-state index is -0.0429. The van der Waals surface area contributed by atoms with Crippen molar-refractivity contribution in [2.24, 2.45) is 0 Å². The molecule has 5 nitrogen and oxygen atoms in total. The van der Waals surface area contributed by atoms with E-state index in [0.717, 1.165) is 22.5 Å². The molecule has 0 spiro atoms. The van der Waals surface area contributed by atoms with Crippen molar-refractivity contribution in [3.05, 3.63) is 72.3 Å². The van der Waals surface area contributed by atoms with Crippen molar-refractivity contribution in [1.82, 2.24) is 14.8 Å². The first kappa shape index (κ1) is 12.2. The smallest absolute Gasteiger partial charge is 0.137 e. The minimum Gasteiger partial charge on any atom is -0.399 e. The maximum Gasteiger partial charge on any atom is 0.137 e.